The predicted octanol–water partition coefficient (Wildman–Crippen LogP) is 5.96. The zero-order valence-electron chi connectivity index (χ0n) is 20.1. The summed E-state index contributed by atoms with van der Waals surface area (Å²) in [7, 11) is 0. The lowest BCUT2D eigenvalue weighted by molar-refractivity contribution is 0.120. The number of rotatable bonds is 6. The van der Waals surface area contributed by atoms with Crippen LogP contribution in [0.4, 0.5) is 0 Å². The van der Waals surface area contributed by atoms with Crippen molar-refractivity contribution in [3.05, 3.63) is 94.5 Å². The second-order valence-corrected chi connectivity index (χ2v) is 9.85. The molecule has 0 saturated carbocycles. The van der Waals surface area contributed by atoms with Crippen molar-refractivity contribution in [3.63, 3.8) is 0 Å². The van der Waals surface area contributed by atoms with Crippen LogP contribution in [0.25, 0.3) is 0 Å². The Kier molecular flexibility index (Phi) is 7.09. The lowest BCUT2D eigenvalue weighted by atomic mass is 9.87. The van der Waals surface area contributed by atoms with E-state index in [-0.39, 0.29) is 17.5 Å². The summed E-state index contributed by atoms with van der Waals surface area (Å²) in [5.74, 6) is 1.12. The molecule has 0 amide bonds. The van der Waals surface area contributed by atoms with Crippen molar-refractivity contribution in [3.8, 4) is 11.5 Å². The van der Waals surface area contributed by atoms with Crippen LogP contribution >= 0.6 is 11.6 Å². The van der Waals surface area contributed by atoms with Gasteiger partial charge in [0.05, 0.1) is 6.61 Å². The molecule has 1 fully saturated rings. The lowest BCUT2D eigenvalue weighted by Crippen LogP contribution is -2.55. The van der Waals surface area contributed by atoms with Gasteiger partial charge in [0, 0.05) is 48.4 Å². The predicted molar refractivity (Wildman–Crippen MR) is 141 cm³/mol. The maximum absolute atomic E-state index is 10.7. The van der Waals surface area contributed by atoms with E-state index in [2.05, 4.69) is 52.7 Å². The largest absolute Gasteiger partial charge is 0.508 e. The third-order valence-electron chi connectivity index (χ3n) is 6.99. The van der Waals surface area contributed by atoms with Crippen LogP contribution in [0.2, 0.25) is 5.02 Å². The van der Waals surface area contributed by atoms with Gasteiger partial charge in [-0.1, -0.05) is 41.9 Å². The molecule has 5 rings (SSSR count). The highest BCUT2D eigenvalue weighted by Crippen LogP contribution is 2.38. The molecule has 1 unspecified atom stereocenters. The highest BCUT2D eigenvalue weighted by molar-refractivity contribution is 6.30. The van der Waals surface area contributed by atoms with Crippen molar-refractivity contribution in [2.75, 3.05) is 19.7 Å². The van der Waals surface area contributed by atoms with Crippen molar-refractivity contribution >= 4 is 17.3 Å². The first-order valence-corrected chi connectivity index (χ1v) is 12.8. The molecular weight excluding hydrogens is 458 g/mol. The molecule has 1 saturated heterocycles. The first kappa shape index (κ1) is 23.9. The Morgan fingerprint density at radius 2 is 1.80 bits per heavy atom. The molecule has 5 nitrogen and oxygen atoms in total. The van der Waals surface area contributed by atoms with Crippen molar-refractivity contribution in [2.24, 2.45) is 4.99 Å². The summed E-state index contributed by atoms with van der Waals surface area (Å²) in [5.41, 5.74) is 3.92. The van der Waals surface area contributed by atoms with Crippen molar-refractivity contribution in [2.45, 2.75) is 44.4 Å². The maximum atomic E-state index is 10.7. The van der Waals surface area contributed by atoms with E-state index in [4.69, 9.17) is 21.3 Å². The summed E-state index contributed by atoms with van der Waals surface area (Å²) in [4.78, 5) is 7.81. The fourth-order valence-corrected chi connectivity index (χ4v) is 5.35. The molecule has 2 aliphatic heterocycles. The van der Waals surface area contributed by atoms with E-state index >= 15 is 0 Å². The van der Waals surface area contributed by atoms with Crippen molar-refractivity contribution in [1.82, 2.24) is 10.2 Å². The average Bonchev–Trinajstić information content (AvgIpc) is 2.88. The zero-order valence-corrected chi connectivity index (χ0v) is 20.8. The van der Waals surface area contributed by atoms with Gasteiger partial charge in [0.2, 0.25) is 0 Å². The van der Waals surface area contributed by atoms with Gasteiger partial charge in [0.25, 0.3) is 0 Å². The SMILES string of the molecule is CCOc1ccc(C2=NC3(CCN(Cc4ccccc4)CC3)NC(c3cc(Cl)ccc3O)C2)cc1. The smallest absolute Gasteiger partial charge is 0.120 e. The summed E-state index contributed by atoms with van der Waals surface area (Å²) in [6, 6.07) is 24.0. The number of halogens is 1. The first-order valence-electron chi connectivity index (χ1n) is 12.4. The topological polar surface area (TPSA) is 57.1 Å². The minimum absolute atomic E-state index is 0.0755. The van der Waals surface area contributed by atoms with E-state index in [0.717, 1.165) is 55.1 Å². The Morgan fingerprint density at radius 3 is 2.51 bits per heavy atom. The number of aliphatic imine (C=N–C) groups is 1. The summed E-state index contributed by atoms with van der Waals surface area (Å²) in [6.45, 7) is 5.49. The molecule has 3 aromatic rings. The van der Waals surface area contributed by atoms with E-state index in [1.807, 2.05) is 25.1 Å². The van der Waals surface area contributed by atoms with Gasteiger partial charge in [-0.05, 0) is 73.4 Å². The summed E-state index contributed by atoms with van der Waals surface area (Å²) >= 11 is 6.32. The van der Waals surface area contributed by atoms with Crippen LogP contribution in [0.1, 0.15) is 48.9 Å². The Labute approximate surface area is 212 Å². The summed E-state index contributed by atoms with van der Waals surface area (Å²) in [5, 5.41) is 15.1. The highest BCUT2D eigenvalue weighted by atomic mass is 35.5. The zero-order chi connectivity index (χ0) is 24.3. The standard InChI is InChI=1S/C29H32ClN3O2/c1-2-35-24-11-8-22(9-12-24)26-19-27(25-18-23(30)10-13-28(25)34)32-29(31-26)14-16-33(17-15-29)20-21-6-4-3-5-7-21/h3-13,18,27,32,34H,2,14-17,19-20H2,1H3. The van der Waals surface area contributed by atoms with E-state index in [0.29, 0.717) is 18.1 Å². The number of phenols is 1. The number of nitrogens with one attached hydrogen (secondary N) is 1. The lowest BCUT2D eigenvalue weighted by Gasteiger charge is -2.45. The Hall–Kier alpha value is -2.86. The minimum atomic E-state index is -0.376. The van der Waals surface area contributed by atoms with Gasteiger partial charge in [-0.2, -0.15) is 0 Å². The van der Waals surface area contributed by atoms with Crippen LogP contribution < -0.4 is 10.1 Å². The maximum Gasteiger partial charge on any atom is 0.120 e. The number of nitrogens with zero attached hydrogens (tertiary/aromatic N) is 2. The molecule has 1 spiro atoms. The Balaban J connectivity index is 1.42. The molecule has 0 radical (unpaired) electrons. The molecule has 2 aliphatic rings. The number of hydrogen-bond donors (Lipinski definition) is 2. The normalized spacial score (nSPS) is 19.9. The highest BCUT2D eigenvalue weighted by Gasteiger charge is 2.40. The van der Waals surface area contributed by atoms with Crippen molar-refractivity contribution in [1.29, 1.82) is 0 Å². The Morgan fingerprint density at radius 1 is 1.06 bits per heavy atom. The minimum Gasteiger partial charge on any atom is -0.508 e. The number of phenolic OH excluding ortho intramolecular Hbond substituents is 1. The fourth-order valence-electron chi connectivity index (χ4n) is 5.17. The molecule has 1 atom stereocenters. The second kappa shape index (κ2) is 10.4. The monoisotopic (exact) mass is 489 g/mol. The molecule has 35 heavy (non-hydrogen) atoms. The molecule has 2 N–H and O–H groups in total. The number of ether oxygens (including phenoxy) is 1. The van der Waals surface area contributed by atoms with Gasteiger partial charge in [-0.25, -0.2) is 0 Å². The van der Waals surface area contributed by atoms with Crippen LogP contribution in [0.3, 0.4) is 0 Å². The molecule has 182 valence electrons. The van der Waals surface area contributed by atoms with Gasteiger partial charge >= 0.3 is 0 Å². The third kappa shape index (κ3) is 5.53. The van der Waals surface area contributed by atoms with Gasteiger partial charge in [0.15, 0.2) is 0 Å². The molecule has 0 aliphatic carbocycles. The quantitative estimate of drug-likeness (QED) is 0.448. The molecular formula is C29H32ClN3O2. The molecule has 2 heterocycles. The van der Waals surface area contributed by atoms with E-state index < -0.39 is 0 Å². The number of aromatic hydroxyl groups is 1. The van der Waals surface area contributed by atoms with Crippen molar-refractivity contribution < 1.29 is 9.84 Å². The average molecular weight is 490 g/mol. The summed E-state index contributed by atoms with van der Waals surface area (Å²) < 4.78 is 5.63. The van der Waals surface area contributed by atoms with Crippen LogP contribution in [0.5, 0.6) is 11.5 Å². The van der Waals surface area contributed by atoms with Crippen LogP contribution in [0.15, 0.2) is 77.8 Å². The van der Waals surface area contributed by atoms with Crippen LogP contribution in [-0.2, 0) is 6.54 Å². The molecule has 6 heteroatoms. The van der Waals surface area contributed by atoms with Gasteiger partial charge < -0.3 is 9.84 Å². The van der Waals surface area contributed by atoms with Gasteiger partial charge in [-0.3, -0.25) is 15.2 Å². The summed E-state index contributed by atoms with van der Waals surface area (Å²) in [6.07, 6.45) is 2.48. The van der Waals surface area contributed by atoms with E-state index in [9.17, 15) is 5.11 Å². The number of piperidine rings is 1. The number of benzene rings is 3. The Bertz CT molecular complexity index is 1170. The first-order chi connectivity index (χ1) is 17.0. The third-order valence-corrected chi connectivity index (χ3v) is 7.22. The second-order valence-electron chi connectivity index (χ2n) is 9.41. The van der Waals surface area contributed by atoms with E-state index in [1.165, 1.54) is 5.56 Å². The molecule has 0 aromatic heterocycles. The van der Waals surface area contributed by atoms with E-state index in [1.54, 1.807) is 12.1 Å². The molecule has 3 aromatic carbocycles. The van der Waals surface area contributed by atoms with Crippen LogP contribution in [0, 0.1) is 0 Å². The fraction of sp³-hybridized carbons (Fsp3) is 0.345. The number of hydrogen-bond acceptors (Lipinski definition) is 5. The van der Waals surface area contributed by atoms with Crippen LogP contribution in [-0.4, -0.2) is 41.1 Å². The van der Waals surface area contributed by atoms with Gasteiger partial charge in [-0.15, -0.1) is 0 Å². The molecule has 0 bridgehead atoms. The van der Waals surface area contributed by atoms with Gasteiger partial charge in [0.1, 0.15) is 17.2 Å². The number of likely N-dealkylation sites (tertiary alicyclic amines) is 1.